The van der Waals surface area contributed by atoms with Crippen LogP contribution >= 0.6 is 0 Å². The van der Waals surface area contributed by atoms with Crippen molar-refractivity contribution in [1.82, 2.24) is 0 Å². The van der Waals surface area contributed by atoms with E-state index in [9.17, 15) is 15.0 Å². The van der Waals surface area contributed by atoms with Gasteiger partial charge in [0.05, 0.1) is 18.8 Å². The van der Waals surface area contributed by atoms with E-state index in [1.54, 1.807) is 30.3 Å². The molecule has 0 unspecified atom stereocenters. The third-order valence-corrected chi connectivity index (χ3v) is 7.13. The smallest absolute Gasteiger partial charge is 0.338 e. The molecule has 2 aromatic rings. The first kappa shape index (κ1) is 25.5. The number of aliphatic hydroxyl groups is 2. The highest BCUT2D eigenvalue weighted by Crippen LogP contribution is 2.26. The molecule has 0 spiro atoms. The summed E-state index contributed by atoms with van der Waals surface area (Å²) in [4.78, 5) is 12.6. The van der Waals surface area contributed by atoms with Crippen LogP contribution in [-0.2, 0) is 25.6 Å². The largest absolute Gasteiger partial charge is 0.450 e. The molecule has 0 bridgehead atoms. The monoisotopic (exact) mass is 474 g/mol. The summed E-state index contributed by atoms with van der Waals surface area (Å²) in [6.07, 6.45) is -5.69. The molecule has 5 atom stereocenters. The topological polar surface area (TPSA) is 94.5 Å². The number of hydrogen-bond donors (Lipinski definition) is 2. The van der Waals surface area contributed by atoms with Crippen molar-refractivity contribution in [1.29, 1.82) is 0 Å². The number of benzene rings is 2. The van der Waals surface area contributed by atoms with Crippen LogP contribution in [0.4, 0.5) is 0 Å². The van der Waals surface area contributed by atoms with Crippen molar-refractivity contribution in [3.63, 3.8) is 0 Å². The standard InChI is InChI=1S/C25H34O7Si/c1-33(2,3)15-14-30-25-23(32-24(28)19-12-8-5-9-13-19)22(27)21(26)20(31-25)17-29-16-18-10-6-4-7-11-18/h4-13,20-23,25-27H,14-17H2,1-3H3/t20-,21+,22+,23-,25-/m1/s1. The molecule has 8 heteroatoms. The van der Waals surface area contributed by atoms with Crippen molar-refractivity contribution >= 4 is 14.0 Å². The molecule has 1 aliphatic heterocycles. The van der Waals surface area contributed by atoms with Crippen LogP contribution in [0.1, 0.15) is 15.9 Å². The molecule has 0 amide bonds. The van der Waals surface area contributed by atoms with Gasteiger partial charge in [0.25, 0.3) is 0 Å². The van der Waals surface area contributed by atoms with Gasteiger partial charge in [0, 0.05) is 14.7 Å². The zero-order valence-electron chi connectivity index (χ0n) is 19.4. The molecule has 1 fully saturated rings. The lowest BCUT2D eigenvalue weighted by Crippen LogP contribution is -2.60. The van der Waals surface area contributed by atoms with Gasteiger partial charge in [-0.05, 0) is 23.7 Å². The first-order valence-corrected chi connectivity index (χ1v) is 15.0. The van der Waals surface area contributed by atoms with Crippen molar-refractivity contribution in [2.24, 2.45) is 0 Å². The Morgan fingerprint density at radius 1 is 0.970 bits per heavy atom. The predicted molar refractivity (Wildman–Crippen MR) is 127 cm³/mol. The van der Waals surface area contributed by atoms with Gasteiger partial charge < -0.3 is 29.2 Å². The van der Waals surface area contributed by atoms with Crippen LogP contribution in [0.25, 0.3) is 0 Å². The Kier molecular flexibility index (Phi) is 9.19. The predicted octanol–water partition coefficient (Wildman–Crippen LogP) is 3.23. The van der Waals surface area contributed by atoms with Gasteiger partial charge in [-0.15, -0.1) is 0 Å². The van der Waals surface area contributed by atoms with E-state index in [1.165, 1.54) is 0 Å². The zero-order valence-corrected chi connectivity index (χ0v) is 20.4. The number of rotatable bonds is 10. The first-order chi connectivity index (χ1) is 15.7. The summed E-state index contributed by atoms with van der Waals surface area (Å²) in [5, 5.41) is 21.5. The van der Waals surface area contributed by atoms with E-state index in [1.807, 2.05) is 30.3 Å². The van der Waals surface area contributed by atoms with Crippen LogP contribution in [0.5, 0.6) is 0 Å². The van der Waals surface area contributed by atoms with Crippen LogP contribution < -0.4 is 0 Å². The number of esters is 1. The van der Waals surface area contributed by atoms with Gasteiger partial charge in [-0.2, -0.15) is 0 Å². The number of carbonyl (C=O) groups excluding carboxylic acids is 1. The molecular formula is C25H34O7Si. The van der Waals surface area contributed by atoms with Gasteiger partial charge in [0.1, 0.15) is 18.3 Å². The molecule has 2 aromatic carbocycles. The summed E-state index contributed by atoms with van der Waals surface area (Å²) in [6, 6.07) is 19.0. The van der Waals surface area contributed by atoms with Crippen molar-refractivity contribution in [2.45, 2.75) is 63.0 Å². The molecule has 1 aliphatic rings. The average molecular weight is 475 g/mol. The maximum Gasteiger partial charge on any atom is 0.338 e. The molecule has 0 saturated carbocycles. The first-order valence-electron chi connectivity index (χ1n) is 11.3. The Labute approximate surface area is 196 Å². The zero-order chi connectivity index (χ0) is 23.8. The van der Waals surface area contributed by atoms with Crippen molar-refractivity contribution in [3.8, 4) is 0 Å². The second-order valence-corrected chi connectivity index (χ2v) is 15.1. The summed E-state index contributed by atoms with van der Waals surface area (Å²) >= 11 is 0. The highest BCUT2D eigenvalue weighted by Gasteiger charge is 2.47. The minimum Gasteiger partial charge on any atom is -0.450 e. The summed E-state index contributed by atoms with van der Waals surface area (Å²) in [6.45, 7) is 7.48. The normalized spacial score (nSPS) is 25.5. The highest BCUT2D eigenvalue weighted by atomic mass is 28.3. The van der Waals surface area contributed by atoms with Crippen LogP contribution in [0.3, 0.4) is 0 Å². The summed E-state index contributed by atoms with van der Waals surface area (Å²) in [7, 11) is -1.38. The van der Waals surface area contributed by atoms with E-state index < -0.39 is 44.7 Å². The van der Waals surface area contributed by atoms with E-state index in [4.69, 9.17) is 18.9 Å². The van der Waals surface area contributed by atoms with E-state index in [0.717, 1.165) is 11.6 Å². The summed E-state index contributed by atoms with van der Waals surface area (Å²) in [5.41, 5.74) is 1.33. The van der Waals surface area contributed by atoms with Gasteiger partial charge in [-0.25, -0.2) is 4.79 Å². The SMILES string of the molecule is C[Si](C)(C)CCO[C@@H]1O[C@H](COCc2ccccc2)[C@H](O)[C@H](O)[C@H]1OC(=O)c1ccccc1. The third-order valence-electron chi connectivity index (χ3n) is 5.43. The van der Waals surface area contributed by atoms with Gasteiger partial charge in [0.15, 0.2) is 12.4 Å². The third kappa shape index (κ3) is 7.74. The Morgan fingerprint density at radius 2 is 1.61 bits per heavy atom. The summed E-state index contributed by atoms with van der Waals surface area (Å²) in [5.74, 6) is -0.618. The average Bonchev–Trinajstić information content (AvgIpc) is 2.79. The van der Waals surface area contributed by atoms with Gasteiger partial charge in [-0.1, -0.05) is 68.2 Å². The Hall–Kier alpha value is -2.07. The van der Waals surface area contributed by atoms with Gasteiger partial charge in [0.2, 0.25) is 0 Å². The minimum absolute atomic E-state index is 0.0559. The molecular weight excluding hydrogens is 440 g/mol. The molecule has 0 aromatic heterocycles. The maximum absolute atomic E-state index is 12.6. The lowest BCUT2D eigenvalue weighted by Gasteiger charge is -2.42. The Morgan fingerprint density at radius 3 is 2.24 bits per heavy atom. The molecule has 0 aliphatic carbocycles. The van der Waals surface area contributed by atoms with Crippen molar-refractivity contribution in [3.05, 3.63) is 71.8 Å². The Bertz CT molecular complexity index is 856. The Balaban J connectivity index is 1.66. The lowest BCUT2D eigenvalue weighted by atomic mass is 9.99. The van der Waals surface area contributed by atoms with E-state index in [-0.39, 0.29) is 6.61 Å². The van der Waals surface area contributed by atoms with E-state index >= 15 is 0 Å². The number of ether oxygens (including phenoxy) is 4. The number of carbonyl (C=O) groups is 1. The molecule has 7 nitrogen and oxygen atoms in total. The van der Waals surface area contributed by atoms with Crippen molar-refractivity contribution in [2.75, 3.05) is 13.2 Å². The molecule has 1 saturated heterocycles. The van der Waals surface area contributed by atoms with Crippen LogP contribution in [0.15, 0.2) is 60.7 Å². The number of hydrogen-bond acceptors (Lipinski definition) is 7. The second kappa shape index (κ2) is 11.9. The van der Waals surface area contributed by atoms with Crippen LogP contribution in [0, 0.1) is 0 Å². The molecule has 2 N–H and O–H groups in total. The maximum atomic E-state index is 12.6. The fourth-order valence-electron chi connectivity index (χ4n) is 3.42. The highest BCUT2D eigenvalue weighted by molar-refractivity contribution is 6.76. The fraction of sp³-hybridized carbons (Fsp3) is 0.480. The lowest BCUT2D eigenvalue weighted by molar-refractivity contribution is -0.301. The fourth-order valence-corrected chi connectivity index (χ4v) is 4.15. The van der Waals surface area contributed by atoms with Crippen LogP contribution in [-0.4, -0.2) is 68.2 Å². The minimum atomic E-state index is -1.38. The van der Waals surface area contributed by atoms with Gasteiger partial charge in [-0.3, -0.25) is 0 Å². The molecule has 3 rings (SSSR count). The molecule has 33 heavy (non-hydrogen) atoms. The molecule has 0 radical (unpaired) electrons. The second-order valence-electron chi connectivity index (χ2n) is 9.44. The van der Waals surface area contributed by atoms with E-state index in [0.29, 0.717) is 18.8 Å². The van der Waals surface area contributed by atoms with Gasteiger partial charge >= 0.3 is 5.97 Å². The van der Waals surface area contributed by atoms with Crippen molar-refractivity contribution < 1.29 is 34.0 Å². The molecule has 180 valence electrons. The number of aliphatic hydroxyl groups excluding tert-OH is 2. The quantitative estimate of drug-likeness (QED) is 0.403. The van der Waals surface area contributed by atoms with E-state index in [2.05, 4.69) is 19.6 Å². The summed E-state index contributed by atoms with van der Waals surface area (Å²) < 4.78 is 23.1. The van der Waals surface area contributed by atoms with Crippen LogP contribution in [0.2, 0.25) is 25.7 Å². The molecule has 1 heterocycles.